The van der Waals surface area contributed by atoms with Crippen molar-refractivity contribution in [2.24, 2.45) is 5.92 Å². The number of carbonyl (C=O) groups excluding carboxylic acids is 1. The van der Waals surface area contributed by atoms with E-state index in [4.69, 9.17) is 4.98 Å². The molecule has 4 rings (SSSR count). The number of hydrogen-bond donors (Lipinski definition) is 1. The molecule has 28 heavy (non-hydrogen) atoms. The van der Waals surface area contributed by atoms with Crippen LogP contribution in [0.3, 0.4) is 0 Å². The van der Waals surface area contributed by atoms with Gasteiger partial charge in [0.1, 0.15) is 0 Å². The summed E-state index contributed by atoms with van der Waals surface area (Å²) in [5.74, 6) is 0.643. The fourth-order valence-electron chi connectivity index (χ4n) is 4.23. The smallest absolute Gasteiger partial charge is 0.254 e. The minimum atomic E-state index is 0.114. The zero-order valence-corrected chi connectivity index (χ0v) is 16.8. The molecule has 0 aliphatic carbocycles. The largest absolute Gasteiger partial charge is 0.338 e. The highest BCUT2D eigenvalue weighted by Gasteiger charge is 2.28. The third-order valence-electron chi connectivity index (χ3n) is 5.67. The Hall–Kier alpha value is -2.72. The summed E-state index contributed by atoms with van der Waals surface area (Å²) in [6, 6.07) is 16.3. The molecule has 1 aliphatic rings. The summed E-state index contributed by atoms with van der Waals surface area (Å²) in [6.07, 6.45) is 1.06. The first kappa shape index (κ1) is 18.6. The van der Waals surface area contributed by atoms with Gasteiger partial charge in [0, 0.05) is 24.0 Å². The number of likely N-dealkylation sites (tertiary alicyclic amines) is 1. The molecule has 4 heteroatoms. The van der Waals surface area contributed by atoms with Crippen LogP contribution < -0.4 is 5.32 Å². The molecule has 1 amide bonds. The van der Waals surface area contributed by atoms with Crippen LogP contribution in [0.1, 0.15) is 27.9 Å². The highest BCUT2D eigenvalue weighted by molar-refractivity contribution is 6.07. The molecule has 0 radical (unpaired) electrons. The van der Waals surface area contributed by atoms with Gasteiger partial charge in [0.25, 0.3) is 5.91 Å². The molecule has 4 nitrogen and oxygen atoms in total. The van der Waals surface area contributed by atoms with E-state index in [1.54, 1.807) is 0 Å². The quantitative estimate of drug-likeness (QED) is 0.745. The monoisotopic (exact) mass is 373 g/mol. The van der Waals surface area contributed by atoms with Crippen molar-refractivity contribution < 1.29 is 4.79 Å². The Morgan fingerprint density at radius 3 is 2.79 bits per heavy atom. The fourth-order valence-corrected chi connectivity index (χ4v) is 4.23. The second kappa shape index (κ2) is 7.72. The first-order valence-corrected chi connectivity index (χ1v) is 9.98. The molecule has 1 atom stereocenters. The van der Waals surface area contributed by atoms with Crippen LogP contribution in [0, 0.1) is 19.8 Å². The topological polar surface area (TPSA) is 45.2 Å². The molecule has 2 aromatic carbocycles. The summed E-state index contributed by atoms with van der Waals surface area (Å²) < 4.78 is 0. The van der Waals surface area contributed by atoms with Crippen LogP contribution in [0.5, 0.6) is 0 Å². The number of nitrogens with zero attached hydrogens (tertiary/aromatic N) is 2. The van der Waals surface area contributed by atoms with Gasteiger partial charge >= 0.3 is 0 Å². The summed E-state index contributed by atoms with van der Waals surface area (Å²) in [4.78, 5) is 20.3. The Labute approximate surface area is 166 Å². The van der Waals surface area contributed by atoms with Crippen LogP contribution >= 0.6 is 0 Å². The van der Waals surface area contributed by atoms with E-state index in [-0.39, 0.29) is 5.91 Å². The molecule has 1 N–H and O–H groups in total. The third kappa shape index (κ3) is 3.52. The van der Waals surface area contributed by atoms with Gasteiger partial charge in [-0.05, 0) is 57.5 Å². The number of pyridine rings is 1. The van der Waals surface area contributed by atoms with E-state index in [9.17, 15) is 4.79 Å². The molecular formula is C24H27N3O. The van der Waals surface area contributed by atoms with E-state index >= 15 is 0 Å². The van der Waals surface area contributed by atoms with Crippen LogP contribution in [-0.4, -0.2) is 42.5 Å². The van der Waals surface area contributed by atoms with E-state index in [1.807, 2.05) is 42.3 Å². The number of carbonyl (C=O) groups is 1. The first-order chi connectivity index (χ1) is 13.6. The average molecular weight is 374 g/mol. The number of nitrogens with one attached hydrogen (secondary N) is 1. The van der Waals surface area contributed by atoms with Crippen molar-refractivity contribution >= 4 is 16.8 Å². The molecule has 1 unspecified atom stereocenters. The Morgan fingerprint density at radius 1 is 1.18 bits per heavy atom. The van der Waals surface area contributed by atoms with E-state index in [2.05, 4.69) is 37.4 Å². The molecule has 1 aliphatic heterocycles. The number of benzene rings is 2. The highest BCUT2D eigenvalue weighted by Crippen LogP contribution is 2.29. The lowest BCUT2D eigenvalue weighted by Crippen LogP contribution is -2.30. The fraction of sp³-hybridized carbons (Fsp3) is 0.333. The molecule has 0 spiro atoms. The van der Waals surface area contributed by atoms with Gasteiger partial charge in [0.2, 0.25) is 0 Å². The summed E-state index contributed by atoms with van der Waals surface area (Å²) in [6.45, 7) is 6.78. The number of fused-ring (bicyclic) bond motifs is 1. The summed E-state index contributed by atoms with van der Waals surface area (Å²) in [5, 5.41) is 4.16. The lowest BCUT2D eigenvalue weighted by molar-refractivity contribution is 0.0789. The van der Waals surface area contributed by atoms with Crippen molar-refractivity contribution in [1.82, 2.24) is 15.2 Å². The standard InChI is InChI=1S/C24H27N3O/c1-16-8-9-19(17(2)12-16)23-13-21(20-6-4-5-7-22(20)26-23)24(28)27-11-10-18(15-27)14-25-3/h4-9,12-13,18,25H,10-11,14-15H2,1-3H3. The maximum Gasteiger partial charge on any atom is 0.254 e. The SMILES string of the molecule is CNCC1CCN(C(=O)c2cc(-c3ccc(C)cc3C)nc3ccccc23)C1. The van der Waals surface area contributed by atoms with E-state index < -0.39 is 0 Å². The zero-order chi connectivity index (χ0) is 19.7. The first-order valence-electron chi connectivity index (χ1n) is 9.98. The molecule has 2 heterocycles. The van der Waals surface area contributed by atoms with Crippen molar-refractivity contribution in [3.8, 4) is 11.3 Å². The van der Waals surface area contributed by atoms with Gasteiger partial charge in [-0.1, -0.05) is 42.0 Å². The molecule has 144 valence electrons. The van der Waals surface area contributed by atoms with Crippen LogP contribution in [0.2, 0.25) is 0 Å². The lowest BCUT2D eigenvalue weighted by Gasteiger charge is -2.19. The van der Waals surface area contributed by atoms with Crippen LogP contribution in [-0.2, 0) is 0 Å². The second-order valence-corrected chi connectivity index (χ2v) is 7.85. The van der Waals surface area contributed by atoms with Crippen molar-refractivity contribution in [1.29, 1.82) is 0 Å². The van der Waals surface area contributed by atoms with Gasteiger partial charge in [0.15, 0.2) is 0 Å². The van der Waals surface area contributed by atoms with E-state index in [0.29, 0.717) is 5.92 Å². The maximum atomic E-state index is 13.4. The van der Waals surface area contributed by atoms with Crippen LogP contribution in [0.4, 0.5) is 0 Å². The summed E-state index contributed by atoms with van der Waals surface area (Å²) in [7, 11) is 1.97. The normalized spacial score (nSPS) is 16.7. The average Bonchev–Trinajstić information content (AvgIpc) is 3.15. The molecule has 3 aromatic rings. The Balaban J connectivity index is 1.78. The molecule has 0 saturated carbocycles. The van der Waals surface area contributed by atoms with Gasteiger partial charge < -0.3 is 10.2 Å². The van der Waals surface area contributed by atoms with Crippen molar-refractivity contribution in [3.05, 3.63) is 65.2 Å². The minimum Gasteiger partial charge on any atom is -0.338 e. The third-order valence-corrected chi connectivity index (χ3v) is 5.67. The van der Waals surface area contributed by atoms with Gasteiger partial charge in [-0.15, -0.1) is 0 Å². The second-order valence-electron chi connectivity index (χ2n) is 7.85. The Morgan fingerprint density at radius 2 is 2.00 bits per heavy atom. The van der Waals surface area contributed by atoms with Crippen LogP contribution in [0.25, 0.3) is 22.2 Å². The van der Waals surface area contributed by atoms with Crippen molar-refractivity contribution in [2.45, 2.75) is 20.3 Å². The predicted molar refractivity (Wildman–Crippen MR) is 115 cm³/mol. The molecular weight excluding hydrogens is 346 g/mol. The molecule has 1 fully saturated rings. The Kier molecular flexibility index (Phi) is 5.14. The van der Waals surface area contributed by atoms with Gasteiger partial charge in [0.05, 0.1) is 16.8 Å². The molecule has 1 saturated heterocycles. The number of rotatable bonds is 4. The minimum absolute atomic E-state index is 0.114. The maximum absolute atomic E-state index is 13.4. The number of para-hydroxylation sites is 1. The highest BCUT2D eigenvalue weighted by atomic mass is 16.2. The van der Waals surface area contributed by atoms with Crippen molar-refractivity contribution in [3.63, 3.8) is 0 Å². The van der Waals surface area contributed by atoms with Gasteiger partial charge in [-0.3, -0.25) is 4.79 Å². The van der Waals surface area contributed by atoms with Crippen LogP contribution in [0.15, 0.2) is 48.5 Å². The van der Waals surface area contributed by atoms with Crippen molar-refractivity contribution in [2.75, 3.05) is 26.7 Å². The van der Waals surface area contributed by atoms with E-state index in [0.717, 1.165) is 53.8 Å². The number of aromatic nitrogens is 1. The molecule has 0 bridgehead atoms. The van der Waals surface area contributed by atoms with Gasteiger partial charge in [-0.2, -0.15) is 0 Å². The number of aryl methyl sites for hydroxylation is 2. The summed E-state index contributed by atoms with van der Waals surface area (Å²) in [5.41, 5.74) is 5.98. The zero-order valence-electron chi connectivity index (χ0n) is 16.8. The van der Waals surface area contributed by atoms with E-state index in [1.165, 1.54) is 11.1 Å². The van der Waals surface area contributed by atoms with Gasteiger partial charge in [-0.25, -0.2) is 4.98 Å². The summed E-state index contributed by atoms with van der Waals surface area (Å²) >= 11 is 0. The lowest BCUT2D eigenvalue weighted by atomic mass is 9.99. The number of hydrogen-bond acceptors (Lipinski definition) is 3. The number of amides is 1. The predicted octanol–water partition coefficient (Wildman–Crippen LogP) is 4.20. The molecule has 1 aromatic heterocycles. The Bertz CT molecular complexity index is 1030.